The topological polar surface area (TPSA) is 84.9 Å². The number of anilines is 1. The number of ether oxygens (including phenoxy) is 2. The van der Waals surface area contributed by atoms with Gasteiger partial charge in [0.05, 0.1) is 9.92 Å². The summed E-state index contributed by atoms with van der Waals surface area (Å²) in [6.07, 6.45) is 1.71. The molecule has 33 heavy (non-hydrogen) atoms. The molecular formula is C24H23ClN2O5S. The zero-order valence-electron chi connectivity index (χ0n) is 17.7. The van der Waals surface area contributed by atoms with Crippen LogP contribution in [0.3, 0.4) is 0 Å². The molecule has 0 bridgehead atoms. The van der Waals surface area contributed by atoms with Gasteiger partial charge < -0.3 is 14.8 Å². The minimum atomic E-state index is -3.57. The molecule has 1 N–H and O–H groups in total. The Kier molecular flexibility index (Phi) is 7.17. The molecule has 1 aliphatic rings. The van der Waals surface area contributed by atoms with E-state index in [1.165, 1.54) is 22.5 Å². The van der Waals surface area contributed by atoms with Gasteiger partial charge in [-0.2, -0.15) is 4.31 Å². The summed E-state index contributed by atoms with van der Waals surface area (Å²) >= 11 is 6.22. The van der Waals surface area contributed by atoms with Crippen LogP contribution in [-0.4, -0.2) is 38.3 Å². The predicted molar refractivity (Wildman–Crippen MR) is 127 cm³/mol. The zero-order valence-corrected chi connectivity index (χ0v) is 19.3. The van der Waals surface area contributed by atoms with Crippen LogP contribution in [0.4, 0.5) is 5.69 Å². The van der Waals surface area contributed by atoms with Crippen molar-refractivity contribution in [3.8, 4) is 17.2 Å². The summed E-state index contributed by atoms with van der Waals surface area (Å²) in [5.74, 6) is 1.22. The standard InChI is InChI=1S/C24H23ClN2O5S/c25-22-16-21(33(29,30)27-14-4-5-15-27)12-13-23(22)31-17-24(28)26-18-8-10-20(11-9-18)32-19-6-2-1-3-7-19/h1-3,6-13,16H,4-5,14-15,17H2,(H,26,28). The molecule has 9 heteroatoms. The molecule has 4 rings (SSSR count). The Morgan fingerprint density at radius 3 is 2.27 bits per heavy atom. The van der Waals surface area contributed by atoms with Gasteiger partial charge in [-0.25, -0.2) is 8.42 Å². The largest absolute Gasteiger partial charge is 0.482 e. The van der Waals surface area contributed by atoms with Crippen molar-refractivity contribution < 1.29 is 22.7 Å². The minimum Gasteiger partial charge on any atom is -0.482 e. The van der Waals surface area contributed by atoms with Gasteiger partial charge in [0.25, 0.3) is 5.91 Å². The third-order valence-electron chi connectivity index (χ3n) is 5.08. The summed E-state index contributed by atoms with van der Waals surface area (Å²) < 4.78 is 38.0. The molecule has 3 aromatic carbocycles. The summed E-state index contributed by atoms with van der Waals surface area (Å²) in [7, 11) is -3.57. The second-order valence-electron chi connectivity index (χ2n) is 7.48. The van der Waals surface area contributed by atoms with Gasteiger partial charge in [-0.15, -0.1) is 0 Å². The Bertz CT molecular complexity index is 1210. The fourth-order valence-corrected chi connectivity index (χ4v) is 5.25. The van der Waals surface area contributed by atoms with E-state index in [4.69, 9.17) is 21.1 Å². The van der Waals surface area contributed by atoms with Crippen LogP contribution in [0.2, 0.25) is 5.02 Å². The number of rotatable bonds is 8. The predicted octanol–water partition coefficient (Wildman–Crippen LogP) is 4.93. The monoisotopic (exact) mass is 486 g/mol. The van der Waals surface area contributed by atoms with Crippen LogP contribution in [0.25, 0.3) is 0 Å². The highest BCUT2D eigenvalue weighted by molar-refractivity contribution is 7.89. The molecule has 7 nitrogen and oxygen atoms in total. The van der Waals surface area contributed by atoms with Crippen molar-refractivity contribution in [2.75, 3.05) is 25.0 Å². The van der Waals surface area contributed by atoms with Crippen LogP contribution in [0.1, 0.15) is 12.8 Å². The van der Waals surface area contributed by atoms with Gasteiger partial charge in [0.1, 0.15) is 17.2 Å². The second-order valence-corrected chi connectivity index (χ2v) is 9.82. The van der Waals surface area contributed by atoms with Gasteiger partial charge in [0.15, 0.2) is 6.61 Å². The van der Waals surface area contributed by atoms with E-state index in [2.05, 4.69) is 5.32 Å². The van der Waals surface area contributed by atoms with Crippen molar-refractivity contribution in [3.05, 3.63) is 77.8 Å². The molecule has 0 saturated carbocycles. The highest BCUT2D eigenvalue weighted by atomic mass is 35.5. The number of amides is 1. The number of carbonyl (C=O) groups excluding carboxylic acids is 1. The van der Waals surface area contributed by atoms with Crippen molar-refractivity contribution in [2.45, 2.75) is 17.7 Å². The lowest BCUT2D eigenvalue weighted by atomic mass is 10.3. The minimum absolute atomic E-state index is 0.115. The molecule has 0 aromatic heterocycles. The second kappa shape index (κ2) is 10.2. The van der Waals surface area contributed by atoms with E-state index >= 15 is 0 Å². The molecule has 1 heterocycles. The van der Waals surface area contributed by atoms with Crippen LogP contribution in [0.15, 0.2) is 77.7 Å². The number of nitrogens with zero attached hydrogens (tertiary/aromatic N) is 1. The van der Waals surface area contributed by atoms with Crippen LogP contribution in [-0.2, 0) is 14.8 Å². The molecule has 0 spiro atoms. The van der Waals surface area contributed by atoms with Gasteiger partial charge in [-0.3, -0.25) is 4.79 Å². The van der Waals surface area contributed by atoms with E-state index in [0.29, 0.717) is 24.5 Å². The number of hydrogen-bond acceptors (Lipinski definition) is 5. The lowest BCUT2D eigenvalue weighted by Crippen LogP contribution is -2.27. The normalized spacial score (nSPS) is 14.1. The number of benzene rings is 3. The lowest BCUT2D eigenvalue weighted by molar-refractivity contribution is -0.118. The molecule has 172 valence electrons. The van der Waals surface area contributed by atoms with Crippen molar-refractivity contribution in [1.29, 1.82) is 0 Å². The van der Waals surface area contributed by atoms with Crippen LogP contribution >= 0.6 is 11.6 Å². The van der Waals surface area contributed by atoms with Gasteiger partial charge in [-0.05, 0) is 67.4 Å². The molecule has 0 aliphatic carbocycles. The molecule has 1 aliphatic heterocycles. The molecule has 3 aromatic rings. The van der Waals surface area contributed by atoms with Gasteiger partial charge >= 0.3 is 0 Å². The molecular weight excluding hydrogens is 464 g/mol. The summed E-state index contributed by atoms with van der Waals surface area (Å²) in [5, 5.41) is 2.86. The third-order valence-corrected chi connectivity index (χ3v) is 7.27. The molecule has 1 amide bonds. The number of halogens is 1. The fraction of sp³-hybridized carbons (Fsp3) is 0.208. The van der Waals surface area contributed by atoms with Crippen molar-refractivity contribution in [2.24, 2.45) is 0 Å². The lowest BCUT2D eigenvalue weighted by Gasteiger charge is -2.16. The van der Waals surface area contributed by atoms with Crippen molar-refractivity contribution in [1.82, 2.24) is 4.31 Å². The number of hydrogen-bond donors (Lipinski definition) is 1. The molecule has 1 saturated heterocycles. The van der Waals surface area contributed by atoms with Gasteiger partial charge in [0.2, 0.25) is 10.0 Å². The SMILES string of the molecule is O=C(COc1ccc(S(=O)(=O)N2CCCC2)cc1Cl)Nc1ccc(Oc2ccccc2)cc1. The van der Waals surface area contributed by atoms with Crippen molar-refractivity contribution in [3.63, 3.8) is 0 Å². The van der Waals surface area contributed by atoms with Crippen molar-refractivity contribution >= 4 is 33.2 Å². The first-order chi connectivity index (χ1) is 15.9. The highest BCUT2D eigenvalue weighted by Crippen LogP contribution is 2.30. The zero-order chi connectivity index (χ0) is 23.3. The van der Waals surface area contributed by atoms with Gasteiger partial charge in [-0.1, -0.05) is 29.8 Å². The Labute approximate surface area is 197 Å². The first kappa shape index (κ1) is 23.1. The summed E-state index contributed by atoms with van der Waals surface area (Å²) in [6, 6.07) is 20.6. The smallest absolute Gasteiger partial charge is 0.262 e. The van der Waals surface area contributed by atoms with E-state index in [-0.39, 0.29) is 28.2 Å². The van der Waals surface area contributed by atoms with E-state index in [1.807, 2.05) is 30.3 Å². The number of para-hydroxylation sites is 1. The van der Waals surface area contributed by atoms with E-state index in [1.54, 1.807) is 24.3 Å². The van der Waals surface area contributed by atoms with Crippen LogP contribution < -0.4 is 14.8 Å². The maximum absolute atomic E-state index is 12.6. The summed E-state index contributed by atoms with van der Waals surface area (Å²) in [4.78, 5) is 12.4. The fourth-order valence-electron chi connectivity index (χ4n) is 3.41. The Balaban J connectivity index is 1.31. The number of nitrogens with one attached hydrogen (secondary N) is 1. The number of carbonyl (C=O) groups is 1. The van der Waals surface area contributed by atoms with E-state index < -0.39 is 10.0 Å². The average Bonchev–Trinajstić information content (AvgIpc) is 3.36. The average molecular weight is 487 g/mol. The molecule has 0 unspecified atom stereocenters. The quantitative estimate of drug-likeness (QED) is 0.487. The Morgan fingerprint density at radius 1 is 0.939 bits per heavy atom. The van der Waals surface area contributed by atoms with Gasteiger partial charge in [0, 0.05) is 18.8 Å². The maximum Gasteiger partial charge on any atom is 0.262 e. The van der Waals surface area contributed by atoms with E-state index in [0.717, 1.165) is 18.6 Å². The highest BCUT2D eigenvalue weighted by Gasteiger charge is 2.27. The van der Waals surface area contributed by atoms with Crippen LogP contribution in [0, 0.1) is 0 Å². The van der Waals surface area contributed by atoms with Crippen LogP contribution in [0.5, 0.6) is 17.2 Å². The number of sulfonamides is 1. The first-order valence-corrected chi connectivity index (χ1v) is 12.3. The third kappa shape index (κ3) is 5.84. The Hall–Kier alpha value is -3.07. The molecule has 0 radical (unpaired) electrons. The maximum atomic E-state index is 12.6. The summed E-state index contributed by atoms with van der Waals surface area (Å²) in [6.45, 7) is 0.746. The molecule has 1 fully saturated rings. The Morgan fingerprint density at radius 2 is 1.61 bits per heavy atom. The summed E-state index contributed by atoms with van der Waals surface area (Å²) in [5.41, 5.74) is 0.585. The van der Waals surface area contributed by atoms with E-state index in [9.17, 15) is 13.2 Å². The first-order valence-electron chi connectivity index (χ1n) is 10.5. The molecule has 0 atom stereocenters.